The molecule has 4 heteroatoms. The van der Waals surface area contributed by atoms with Crippen LogP contribution >= 0.6 is 0 Å². The van der Waals surface area contributed by atoms with Crippen LogP contribution in [0.15, 0.2) is 71.1 Å². The summed E-state index contributed by atoms with van der Waals surface area (Å²) in [4.78, 5) is 4.55. The number of nitrogens with two attached hydrogens (primary N) is 1. The molecule has 3 aromatic carbocycles. The minimum absolute atomic E-state index is 0.212. The number of nitrogen functional groups attached to an aromatic ring is 1. The average Bonchev–Trinajstić information content (AvgIpc) is 3.12. The van der Waals surface area contributed by atoms with Crippen molar-refractivity contribution in [2.75, 3.05) is 11.1 Å². The minimum Gasteiger partial charge on any atom is -0.436 e. The molecule has 1 unspecified atom stereocenters. The lowest BCUT2D eigenvalue weighted by atomic mass is 9.99. The predicted molar refractivity (Wildman–Crippen MR) is 112 cm³/mol. The van der Waals surface area contributed by atoms with Crippen molar-refractivity contribution < 1.29 is 4.42 Å². The Bertz CT molecular complexity index is 1050. The lowest BCUT2D eigenvalue weighted by Crippen LogP contribution is -2.12. The van der Waals surface area contributed by atoms with Crippen molar-refractivity contribution in [1.82, 2.24) is 4.98 Å². The fourth-order valence-corrected chi connectivity index (χ4v) is 3.39. The van der Waals surface area contributed by atoms with Crippen molar-refractivity contribution >= 4 is 22.5 Å². The molecule has 1 atom stereocenters. The van der Waals surface area contributed by atoms with E-state index < -0.39 is 0 Å². The first-order valence-corrected chi connectivity index (χ1v) is 9.23. The maximum absolute atomic E-state index is 6.34. The molecule has 136 valence electrons. The van der Waals surface area contributed by atoms with E-state index in [2.05, 4.69) is 48.4 Å². The Morgan fingerprint density at radius 3 is 2.56 bits per heavy atom. The number of hydrogen-bond acceptors (Lipinski definition) is 4. The fourth-order valence-electron chi connectivity index (χ4n) is 3.39. The number of para-hydroxylation sites is 2. The van der Waals surface area contributed by atoms with Gasteiger partial charge in [0.1, 0.15) is 5.52 Å². The van der Waals surface area contributed by atoms with Crippen LogP contribution in [0.2, 0.25) is 0 Å². The highest BCUT2D eigenvalue weighted by atomic mass is 16.3. The Morgan fingerprint density at radius 2 is 1.81 bits per heavy atom. The first-order chi connectivity index (χ1) is 13.2. The van der Waals surface area contributed by atoms with Gasteiger partial charge in [-0.05, 0) is 54.8 Å². The van der Waals surface area contributed by atoms with Crippen LogP contribution in [0.5, 0.6) is 0 Å². The normalized spacial score (nSPS) is 12.2. The van der Waals surface area contributed by atoms with Crippen LogP contribution in [0.4, 0.5) is 11.4 Å². The molecular weight excluding hydrogens is 334 g/mol. The molecule has 4 nitrogen and oxygen atoms in total. The smallest absolute Gasteiger partial charge is 0.227 e. The molecule has 0 aliphatic rings. The summed E-state index contributed by atoms with van der Waals surface area (Å²) in [5.74, 6) is 0.584. The predicted octanol–water partition coefficient (Wildman–Crippen LogP) is 5.95. The van der Waals surface area contributed by atoms with Gasteiger partial charge >= 0.3 is 0 Å². The Morgan fingerprint density at radius 1 is 1.04 bits per heavy atom. The van der Waals surface area contributed by atoms with Gasteiger partial charge in [0.25, 0.3) is 0 Å². The van der Waals surface area contributed by atoms with E-state index in [1.54, 1.807) is 0 Å². The van der Waals surface area contributed by atoms with Gasteiger partial charge in [0.05, 0.1) is 17.4 Å². The Kier molecular flexibility index (Phi) is 4.55. The fraction of sp³-hybridized carbons (Fsp3) is 0.174. The zero-order valence-electron chi connectivity index (χ0n) is 15.6. The van der Waals surface area contributed by atoms with Crippen molar-refractivity contribution in [2.45, 2.75) is 26.3 Å². The van der Waals surface area contributed by atoms with E-state index in [0.717, 1.165) is 28.8 Å². The van der Waals surface area contributed by atoms with Gasteiger partial charge in [-0.3, -0.25) is 0 Å². The number of rotatable bonds is 5. The summed E-state index contributed by atoms with van der Waals surface area (Å²) in [6, 6.07) is 22.3. The maximum atomic E-state index is 6.34. The molecule has 0 saturated carbocycles. The number of anilines is 2. The molecule has 0 aliphatic heterocycles. The second-order valence-corrected chi connectivity index (χ2v) is 6.75. The molecule has 4 rings (SSSR count). The van der Waals surface area contributed by atoms with E-state index in [1.807, 2.05) is 42.5 Å². The molecule has 27 heavy (non-hydrogen) atoms. The summed E-state index contributed by atoms with van der Waals surface area (Å²) >= 11 is 0. The molecule has 0 fully saturated rings. The molecular formula is C23H23N3O. The summed E-state index contributed by atoms with van der Waals surface area (Å²) in [6.07, 6.45) is 0.969. The van der Waals surface area contributed by atoms with Crippen LogP contribution in [0.3, 0.4) is 0 Å². The first-order valence-electron chi connectivity index (χ1n) is 9.23. The lowest BCUT2D eigenvalue weighted by Gasteiger charge is -2.22. The second kappa shape index (κ2) is 7.16. The SMILES string of the molecule is CCC(Nc1ccc(-c2nc3ccccc3o2)cc1N)c1ccccc1C. The average molecular weight is 357 g/mol. The number of nitrogens with zero attached hydrogens (tertiary/aromatic N) is 1. The zero-order valence-corrected chi connectivity index (χ0v) is 15.6. The van der Waals surface area contributed by atoms with Gasteiger partial charge in [-0.1, -0.05) is 43.3 Å². The molecule has 0 spiro atoms. The monoisotopic (exact) mass is 357 g/mol. The molecule has 0 amide bonds. The summed E-state index contributed by atoms with van der Waals surface area (Å²) in [5.41, 5.74) is 13.0. The van der Waals surface area contributed by atoms with Crippen molar-refractivity contribution in [3.63, 3.8) is 0 Å². The largest absolute Gasteiger partial charge is 0.436 e. The molecule has 4 aromatic rings. The van der Waals surface area contributed by atoms with E-state index in [4.69, 9.17) is 10.2 Å². The van der Waals surface area contributed by atoms with E-state index in [-0.39, 0.29) is 6.04 Å². The molecule has 0 saturated heterocycles. The molecule has 0 radical (unpaired) electrons. The molecule has 0 aliphatic carbocycles. The highest BCUT2D eigenvalue weighted by molar-refractivity contribution is 5.78. The van der Waals surface area contributed by atoms with Gasteiger partial charge in [0.15, 0.2) is 5.58 Å². The summed E-state index contributed by atoms with van der Waals surface area (Å²) in [6.45, 7) is 4.31. The number of aryl methyl sites for hydroxylation is 1. The molecule has 3 N–H and O–H groups in total. The van der Waals surface area contributed by atoms with E-state index in [9.17, 15) is 0 Å². The van der Waals surface area contributed by atoms with Gasteiger partial charge in [-0.25, -0.2) is 4.98 Å². The van der Waals surface area contributed by atoms with Gasteiger partial charge in [0.2, 0.25) is 5.89 Å². The third-order valence-electron chi connectivity index (χ3n) is 4.89. The van der Waals surface area contributed by atoms with Gasteiger partial charge in [0, 0.05) is 5.56 Å². The maximum Gasteiger partial charge on any atom is 0.227 e. The first kappa shape index (κ1) is 17.2. The Hall–Kier alpha value is -3.27. The second-order valence-electron chi connectivity index (χ2n) is 6.75. The zero-order chi connectivity index (χ0) is 18.8. The van der Waals surface area contributed by atoms with E-state index in [1.165, 1.54) is 11.1 Å². The summed E-state index contributed by atoms with van der Waals surface area (Å²) in [7, 11) is 0. The van der Waals surface area contributed by atoms with E-state index in [0.29, 0.717) is 11.6 Å². The third kappa shape index (κ3) is 3.38. The van der Waals surface area contributed by atoms with Crippen LogP contribution in [0.1, 0.15) is 30.5 Å². The highest BCUT2D eigenvalue weighted by Crippen LogP contribution is 2.32. The number of benzene rings is 3. The Balaban J connectivity index is 1.62. The topological polar surface area (TPSA) is 64.1 Å². The number of nitrogens with one attached hydrogen (secondary N) is 1. The number of aromatic nitrogens is 1. The Labute approximate surface area is 159 Å². The van der Waals surface area contributed by atoms with Gasteiger partial charge in [-0.2, -0.15) is 0 Å². The molecule has 1 aromatic heterocycles. The van der Waals surface area contributed by atoms with Crippen molar-refractivity contribution in [1.29, 1.82) is 0 Å². The van der Waals surface area contributed by atoms with Crippen LogP contribution < -0.4 is 11.1 Å². The van der Waals surface area contributed by atoms with Crippen molar-refractivity contribution in [2.24, 2.45) is 0 Å². The summed E-state index contributed by atoms with van der Waals surface area (Å²) in [5, 5.41) is 3.58. The van der Waals surface area contributed by atoms with Crippen molar-refractivity contribution in [3.8, 4) is 11.5 Å². The summed E-state index contributed by atoms with van der Waals surface area (Å²) < 4.78 is 5.85. The standard InChI is InChI=1S/C23H23N3O/c1-3-19(17-9-5-4-8-15(17)2)25-20-13-12-16(14-18(20)24)23-26-21-10-6-7-11-22(21)27-23/h4-14,19,25H,3,24H2,1-2H3. The number of fused-ring (bicyclic) bond motifs is 1. The van der Waals surface area contributed by atoms with Gasteiger partial charge in [-0.15, -0.1) is 0 Å². The molecule has 1 heterocycles. The number of oxazole rings is 1. The molecule has 0 bridgehead atoms. The highest BCUT2D eigenvalue weighted by Gasteiger charge is 2.14. The lowest BCUT2D eigenvalue weighted by molar-refractivity contribution is 0.620. The minimum atomic E-state index is 0.212. The third-order valence-corrected chi connectivity index (χ3v) is 4.89. The van der Waals surface area contributed by atoms with Crippen LogP contribution in [-0.2, 0) is 0 Å². The van der Waals surface area contributed by atoms with E-state index >= 15 is 0 Å². The van der Waals surface area contributed by atoms with Crippen molar-refractivity contribution in [3.05, 3.63) is 77.9 Å². The van der Waals surface area contributed by atoms with Crippen LogP contribution in [0.25, 0.3) is 22.6 Å². The number of hydrogen-bond donors (Lipinski definition) is 2. The van der Waals surface area contributed by atoms with Crippen LogP contribution in [-0.4, -0.2) is 4.98 Å². The van der Waals surface area contributed by atoms with Gasteiger partial charge < -0.3 is 15.5 Å². The quantitative estimate of drug-likeness (QED) is 0.433. The van der Waals surface area contributed by atoms with Crippen LogP contribution in [0, 0.1) is 6.92 Å².